The van der Waals surface area contributed by atoms with Crippen LogP contribution in [0.5, 0.6) is 0 Å². The van der Waals surface area contributed by atoms with E-state index >= 15 is 0 Å². The quantitative estimate of drug-likeness (QED) is 0.888. The molecule has 2 rings (SSSR count). The molecule has 0 unspecified atom stereocenters. The molecule has 7 nitrogen and oxygen atoms in total. The summed E-state index contributed by atoms with van der Waals surface area (Å²) in [5.41, 5.74) is 1.84. The highest BCUT2D eigenvalue weighted by atomic mass is 19.1. The molecule has 1 aliphatic heterocycles. The number of nitrogens with zero attached hydrogens (tertiary/aromatic N) is 2. The van der Waals surface area contributed by atoms with Gasteiger partial charge in [-0.3, -0.25) is 14.6 Å². The summed E-state index contributed by atoms with van der Waals surface area (Å²) in [5.74, 6) is -0.296. The molecule has 0 atom stereocenters. The molecule has 0 aromatic heterocycles. The van der Waals surface area contributed by atoms with Crippen LogP contribution in [0.4, 0.5) is 25.4 Å². The second-order valence-corrected chi connectivity index (χ2v) is 5.12. The highest BCUT2D eigenvalue weighted by molar-refractivity contribution is 6.05. The summed E-state index contributed by atoms with van der Waals surface area (Å²) in [5, 5.41) is 4.99. The fourth-order valence-corrected chi connectivity index (χ4v) is 2.43. The van der Waals surface area contributed by atoms with Gasteiger partial charge in [-0.1, -0.05) is 6.07 Å². The first kappa shape index (κ1) is 16.7. The molecule has 5 amide bonds. The molecule has 1 fully saturated rings. The van der Waals surface area contributed by atoms with E-state index in [-0.39, 0.29) is 18.5 Å². The third kappa shape index (κ3) is 3.58. The average molecular weight is 322 g/mol. The Bertz CT molecular complexity index is 635. The van der Waals surface area contributed by atoms with Gasteiger partial charge in [0.25, 0.3) is 0 Å². The van der Waals surface area contributed by atoms with Crippen LogP contribution in [0.3, 0.4) is 0 Å². The van der Waals surface area contributed by atoms with Crippen LogP contribution in [0, 0.1) is 6.92 Å². The lowest BCUT2D eigenvalue weighted by Gasteiger charge is -2.20. The monoisotopic (exact) mass is 322 g/mol. The van der Waals surface area contributed by atoms with Crippen molar-refractivity contribution in [3.8, 4) is 0 Å². The van der Waals surface area contributed by atoms with Crippen molar-refractivity contribution < 1.29 is 18.8 Å². The zero-order valence-corrected chi connectivity index (χ0v) is 13.1. The van der Waals surface area contributed by atoms with Crippen LogP contribution in [0.2, 0.25) is 0 Å². The predicted octanol–water partition coefficient (Wildman–Crippen LogP) is 1.87. The zero-order chi connectivity index (χ0) is 17.0. The first-order valence-corrected chi connectivity index (χ1v) is 7.25. The third-order valence-corrected chi connectivity index (χ3v) is 3.61. The molecular weight excluding hydrogens is 303 g/mol. The summed E-state index contributed by atoms with van der Waals surface area (Å²) in [6.07, 6.45) is 0. The van der Waals surface area contributed by atoms with Gasteiger partial charge in [-0.25, -0.2) is 14.0 Å². The van der Waals surface area contributed by atoms with Crippen molar-refractivity contribution >= 4 is 29.3 Å². The van der Waals surface area contributed by atoms with E-state index < -0.39 is 12.7 Å². The third-order valence-electron chi connectivity index (χ3n) is 3.61. The van der Waals surface area contributed by atoms with Gasteiger partial charge in [-0.15, -0.1) is 0 Å². The van der Waals surface area contributed by atoms with Crippen LogP contribution in [-0.4, -0.2) is 49.2 Å². The van der Waals surface area contributed by atoms with Crippen molar-refractivity contribution in [2.75, 3.05) is 36.5 Å². The molecule has 124 valence electrons. The Kier molecular flexibility index (Phi) is 5.15. The number of anilines is 2. The predicted molar refractivity (Wildman–Crippen MR) is 84.3 cm³/mol. The van der Waals surface area contributed by atoms with E-state index in [1.807, 2.05) is 0 Å². The lowest BCUT2D eigenvalue weighted by atomic mass is 10.1. The molecule has 0 bridgehead atoms. The average Bonchev–Trinajstić information content (AvgIpc) is 2.89. The number of rotatable bonds is 4. The molecule has 1 aromatic rings. The van der Waals surface area contributed by atoms with E-state index in [1.54, 1.807) is 25.1 Å². The minimum Gasteiger partial charge on any atom is -0.335 e. The maximum Gasteiger partial charge on any atom is 0.331 e. The summed E-state index contributed by atoms with van der Waals surface area (Å²) < 4.78 is 12.1. The van der Waals surface area contributed by atoms with Gasteiger partial charge in [0.05, 0.1) is 5.69 Å². The number of amides is 5. The van der Waals surface area contributed by atoms with E-state index in [4.69, 9.17) is 0 Å². The molecule has 1 aliphatic rings. The van der Waals surface area contributed by atoms with Gasteiger partial charge in [0, 0.05) is 32.2 Å². The van der Waals surface area contributed by atoms with Crippen molar-refractivity contribution in [3.05, 3.63) is 23.8 Å². The van der Waals surface area contributed by atoms with Crippen LogP contribution in [0.25, 0.3) is 0 Å². The van der Waals surface area contributed by atoms with Crippen LogP contribution >= 0.6 is 0 Å². The normalized spacial score (nSPS) is 14.1. The minimum atomic E-state index is -0.643. The molecule has 1 aromatic carbocycles. The van der Waals surface area contributed by atoms with Crippen molar-refractivity contribution in [1.82, 2.24) is 10.2 Å². The fraction of sp³-hybridized carbons (Fsp3) is 0.400. The summed E-state index contributed by atoms with van der Waals surface area (Å²) in [7, 11) is 0. The molecule has 2 N–H and O–H groups in total. The Morgan fingerprint density at radius 2 is 2.04 bits per heavy atom. The molecule has 0 saturated carbocycles. The van der Waals surface area contributed by atoms with E-state index in [1.165, 1.54) is 16.7 Å². The Morgan fingerprint density at radius 3 is 2.65 bits per heavy atom. The Hall–Kier alpha value is -2.64. The highest BCUT2D eigenvalue weighted by Gasteiger charge is 2.33. The Morgan fingerprint density at radius 1 is 1.30 bits per heavy atom. The smallest absolute Gasteiger partial charge is 0.331 e. The van der Waals surface area contributed by atoms with Gasteiger partial charge in [0.15, 0.2) is 0 Å². The van der Waals surface area contributed by atoms with Gasteiger partial charge in [-0.2, -0.15) is 0 Å². The van der Waals surface area contributed by atoms with E-state index in [2.05, 4.69) is 10.6 Å². The Labute approximate surface area is 133 Å². The highest BCUT2D eigenvalue weighted by Crippen LogP contribution is 2.29. The van der Waals surface area contributed by atoms with Gasteiger partial charge < -0.3 is 10.6 Å². The number of hydrogen-bond acceptors (Lipinski definition) is 3. The lowest BCUT2D eigenvalue weighted by Crippen LogP contribution is -2.35. The maximum absolute atomic E-state index is 12.3. The number of imide groups is 1. The fourth-order valence-electron chi connectivity index (χ4n) is 2.43. The molecule has 1 heterocycles. The maximum atomic E-state index is 12.3. The molecule has 0 radical (unpaired) electrons. The van der Waals surface area contributed by atoms with Crippen molar-refractivity contribution in [1.29, 1.82) is 0 Å². The topological polar surface area (TPSA) is 81.8 Å². The van der Waals surface area contributed by atoms with Crippen molar-refractivity contribution in [3.63, 3.8) is 0 Å². The number of urea groups is 2. The number of carbonyl (C=O) groups is 3. The minimum absolute atomic E-state index is 0.0667. The van der Waals surface area contributed by atoms with Gasteiger partial charge in [0.2, 0.25) is 5.91 Å². The van der Waals surface area contributed by atoms with Crippen LogP contribution in [0.1, 0.15) is 12.5 Å². The van der Waals surface area contributed by atoms with Crippen molar-refractivity contribution in [2.45, 2.75) is 13.8 Å². The first-order chi connectivity index (χ1) is 11.0. The van der Waals surface area contributed by atoms with Gasteiger partial charge in [-0.05, 0) is 24.6 Å². The molecular formula is C15H19FN4O3. The summed E-state index contributed by atoms with van der Waals surface area (Å²) >= 11 is 0. The number of hydrogen-bond donors (Lipinski definition) is 2. The number of alkyl halides is 1. The van der Waals surface area contributed by atoms with Gasteiger partial charge in [0.1, 0.15) is 6.67 Å². The molecule has 23 heavy (non-hydrogen) atoms. The van der Waals surface area contributed by atoms with E-state index in [0.29, 0.717) is 30.0 Å². The number of nitrogens with one attached hydrogen (secondary N) is 2. The van der Waals surface area contributed by atoms with Gasteiger partial charge >= 0.3 is 12.1 Å². The van der Waals surface area contributed by atoms with Crippen molar-refractivity contribution in [2.24, 2.45) is 0 Å². The first-order valence-electron chi connectivity index (χ1n) is 7.25. The Balaban J connectivity index is 2.18. The van der Waals surface area contributed by atoms with Crippen LogP contribution < -0.4 is 15.5 Å². The van der Waals surface area contributed by atoms with E-state index in [0.717, 1.165) is 0 Å². The summed E-state index contributed by atoms with van der Waals surface area (Å²) in [6, 6.07) is 4.26. The molecule has 8 heteroatoms. The summed E-state index contributed by atoms with van der Waals surface area (Å²) in [6.45, 7) is 3.14. The SMILES string of the molecule is CC(=O)N1CCN(c2cccc(NC(=O)NCCF)c2C)C1=O. The second kappa shape index (κ2) is 7.08. The second-order valence-electron chi connectivity index (χ2n) is 5.12. The van der Waals surface area contributed by atoms with Crippen LogP contribution in [0.15, 0.2) is 18.2 Å². The number of benzene rings is 1. The summed E-state index contributed by atoms with van der Waals surface area (Å²) in [4.78, 5) is 38.0. The molecule has 0 aliphatic carbocycles. The largest absolute Gasteiger partial charge is 0.335 e. The molecule has 0 spiro atoms. The molecule has 1 saturated heterocycles. The standard InChI is InChI=1S/C15H19FN4O3/c1-10-12(18-14(22)17-7-6-16)4-3-5-13(10)20-9-8-19(11(2)21)15(20)23/h3-5H,6-9H2,1-2H3,(H2,17,18,22). The zero-order valence-electron chi connectivity index (χ0n) is 13.1. The number of halogens is 1. The lowest BCUT2D eigenvalue weighted by molar-refractivity contribution is -0.125. The van der Waals surface area contributed by atoms with E-state index in [9.17, 15) is 18.8 Å². The number of carbonyl (C=O) groups excluding carboxylic acids is 3. The van der Waals surface area contributed by atoms with Crippen LogP contribution in [-0.2, 0) is 4.79 Å².